The molecular formula is C12H11ClO2. The second kappa shape index (κ2) is 5.43. The van der Waals surface area contributed by atoms with Crippen molar-refractivity contribution in [3.8, 4) is 11.8 Å². The van der Waals surface area contributed by atoms with Crippen molar-refractivity contribution >= 4 is 17.6 Å². The van der Waals surface area contributed by atoms with E-state index in [9.17, 15) is 4.79 Å². The molecule has 3 heteroatoms. The van der Waals surface area contributed by atoms with Crippen LogP contribution in [0.25, 0.3) is 0 Å². The number of aryl methyl sites for hydroxylation is 1. The first-order valence-corrected chi connectivity index (χ1v) is 5.07. The highest BCUT2D eigenvalue weighted by atomic mass is 35.5. The van der Waals surface area contributed by atoms with Crippen molar-refractivity contribution in [3.63, 3.8) is 0 Å². The summed E-state index contributed by atoms with van der Waals surface area (Å²) in [7, 11) is 0. The van der Waals surface area contributed by atoms with Crippen molar-refractivity contribution in [2.75, 3.05) is 5.88 Å². The Bertz CT molecular complexity index is 427. The number of aromatic carboxylic acids is 1. The maximum atomic E-state index is 10.9. The molecule has 0 atom stereocenters. The van der Waals surface area contributed by atoms with Crippen LogP contribution in [-0.4, -0.2) is 17.0 Å². The lowest BCUT2D eigenvalue weighted by Crippen LogP contribution is -2.00. The molecule has 1 aromatic carbocycles. The normalized spacial score (nSPS) is 9.20. The van der Waals surface area contributed by atoms with E-state index in [1.165, 1.54) is 0 Å². The zero-order chi connectivity index (χ0) is 11.3. The molecular weight excluding hydrogens is 212 g/mol. The van der Waals surface area contributed by atoms with Crippen LogP contribution in [0.15, 0.2) is 18.2 Å². The van der Waals surface area contributed by atoms with E-state index in [0.29, 0.717) is 17.9 Å². The number of hydrogen-bond donors (Lipinski definition) is 1. The van der Waals surface area contributed by atoms with Gasteiger partial charge >= 0.3 is 5.97 Å². The molecule has 0 spiro atoms. The maximum Gasteiger partial charge on any atom is 0.336 e. The van der Waals surface area contributed by atoms with Crippen molar-refractivity contribution in [2.24, 2.45) is 0 Å². The topological polar surface area (TPSA) is 37.3 Å². The van der Waals surface area contributed by atoms with Crippen LogP contribution < -0.4 is 0 Å². The van der Waals surface area contributed by atoms with Crippen molar-refractivity contribution < 1.29 is 9.90 Å². The van der Waals surface area contributed by atoms with E-state index in [2.05, 4.69) is 11.8 Å². The molecule has 0 aliphatic carbocycles. The van der Waals surface area contributed by atoms with Gasteiger partial charge in [-0.2, -0.15) is 0 Å². The fourth-order valence-corrected chi connectivity index (χ4v) is 1.24. The average molecular weight is 223 g/mol. The first-order chi connectivity index (χ1) is 7.15. The number of carbonyl (C=O) groups is 1. The number of rotatable bonds is 2. The molecule has 0 amide bonds. The summed E-state index contributed by atoms with van der Waals surface area (Å²) in [5, 5.41) is 8.95. The van der Waals surface area contributed by atoms with Crippen LogP contribution in [-0.2, 0) is 0 Å². The van der Waals surface area contributed by atoms with Crippen molar-refractivity contribution in [2.45, 2.75) is 13.3 Å². The number of alkyl halides is 1. The van der Waals surface area contributed by atoms with Gasteiger partial charge in [0, 0.05) is 17.9 Å². The molecule has 78 valence electrons. The first-order valence-electron chi connectivity index (χ1n) is 4.54. The average Bonchev–Trinajstić information content (AvgIpc) is 2.20. The molecule has 0 unspecified atom stereocenters. The lowest BCUT2D eigenvalue weighted by molar-refractivity contribution is 0.0696. The van der Waals surface area contributed by atoms with E-state index < -0.39 is 5.97 Å². The summed E-state index contributed by atoms with van der Waals surface area (Å²) in [5.41, 5.74) is 1.70. The molecule has 1 aromatic rings. The Balaban J connectivity index is 3.08. The third-order valence-electron chi connectivity index (χ3n) is 1.85. The highest BCUT2D eigenvalue weighted by Gasteiger charge is 2.07. The molecule has 0 bridgehead atoms. The smallest absolute Gasteiger partial charge is 0.336 e. The highest BCUT2D eigenvalue weighted by molar-refractivity contribution is 6.18. The molecule has 0 heterocycles. The monoisotopic (exact) mass is 222 g/mol. The Kier molecular flexibility index (Phi) is 4.20. The zero-order valence-electron chi connectivity index (χ0n) is 8.38. The number of carboxylic acids is 1. The molecule has 2 nitrogen and oxygen atoms in total. The molecule has 0 radical (unpaired) electrons. The Hall–Kier alpha value is -1.46. The minimum atomic E-state index is -0.950. The van der Waals surface area contributed by atoms with Crippen LogP contribution in [0, 0.1) is 18.8 Å². The van der Waals surface area contributed by atoms with Crippen LogP contribution >= 0.6 is 11.6 Å². The Labute approximate surface area is 93.9 Å². The number of carboxylic acid groups (broad SMARTS) is 1. The van der Waals surface area contributed by atoms with Gasteiger partial charge in [0.2, 0.25) is 0 Å². The van der Waals surface area contributed by atoms with Gasteiger partial charge in [-0.25, -0.2) is 4.79 Å². The fraction of sp³-hybridized carbons (Fsp3) is 0.250. The van der Waals surface area contributed by atoms with Gasteiger partial charge in [-0.05, 0) is 19.1 Å². The van der Waals surface area contributed by atoms with Gasteiger partial charge in [-0.3, -0.25) is 0 Å². The van der Waals surface area contributed by atoms with E-state index in [4.69, 9.17) is 16.7 Å². The van der Waals surface area contributed by atoms with E-state index >= 15 is 0 Å². The van der Waals surface area contributed by atoms with Gasteiger partial charge in [0.05, 0.1) is 5.56 Å². The van der Waals surface area contributed by atoms with E-state index in [1.54, 1.807) is 12.1 Å². The lowest BCUT2D eigenvalue weighted by Gasteiger charge is -2.00. The zero-order valence-corrected chi connectivity index (χ0v) is 9.14. The Morgan fingerprint density at radius 3 is 2.87 bits per heavy atom. The van der Waals surface area contributed by atoms with Gasteiger partial charge in [-0.1, -0.05) is 23.5 Å². The predicted octanol–water partition coefficient (Wildman–Crippen LogP) is 2.67. The van der Waals surface area contributed by atoms with E-state index in [-0.39, 0.29) is 5.56 Å². The van der Waals surface area contributed by atoms with Crippen molar-refractivity contribution in [1.82, 2.24) is 0 Å². The summed E-state index contributed by atoms with van der Waals surface area (Å²) in [6.07, 6.45) is 0.564. The first kappa shape index (κ1) is 11.6. The molecule has 1 rings (SSSR count). The molecule has 0 fully saturated rings. The largest absolute Gasteiger partial charge is 0.478 e. The summed E-state index contributed by atoms with van der Waals surface area (Å²) in [6.45, 7) is 1.85. The van der Waals surface area contributed by atoms with Crippen molar-refractivity contribution in [3.05, 3.63) is 34.9 Å². The van der Waals surface area contributed by atoms with Gasteiger partial charge in [0.25, 0.3) is 0 Å². The molecule has 0 saturated heterocycles. The molecule has 0 saturated carbocycles. The molecule has 15 heavy (non-hydrogen) atoms. The van der Waals surface area contributed by atoms with E-state index in [0.717, 1.165) is 5.56 Å². The summed E-state index contributed by atoms with van der Waals surface area (Å²) in [6, 6.07) is 5.18. The van der Waals surface area contributed by atoms with Gasteiger partial charge < -0.3 is 5.11 Å². The standard InChI is InChI=1S/C12H11ClO2/c1-9-5-6-10(4-2-3-7-13)11(8-9)12(14)15/h5-6,8H,3,7H2,1H3,(H,14,15). The van der Waals surface area contributed by atoms with Gasteiger partial charge in [0.1, 0.15) is 0 Å². The van der Waals surface area contributed by atoms with E-state index in [1.807, 2.05) is 13.0 Å². The number of halogens is 1. The Morgan fingerprint density at radius 2 is 2.27 bits per heavy atom. The number of hydrogen-bond acceptors (Lipinski definition) is 1. The summed E-state index contributed by atoms with van der Waals surface area (Å²) in [4.78, 5) is 10.9. The van der Waals surface area contributed by atoms with Gasteiger partial charge in [0.15, 0.2) is 0 Å². The Morgan fingerprint density at radius 1 is 1.53 bits per heavy atom. The predicted molar refractivity (Wildman–Crippen MR) is 60.4 cm³/mol. The second-order valence-electron chi connectivity index (χ2n) is 3.09. The van der Waals surface area contributed by atoms with Crippen LogP contribution in [0.3, 0.4) is 0 Å². The summed E-state index contributed by atoms with van der Waals surface area (Å²) >= 11 is 5.48. The van der Waals surface area contributed by atoms with Crippen LogP contribution in [0.4, 0.5) is 0 Å². The molecule has 1 N–H and O–H groups in total. The number of benzene rings is 1. The summed E-state index contributed by atoms with van der Waals surface area (Å²) in [5.74, 6) is 5.14. The molecule has 0 aromatic heterocycles. The minimum absolute atomic E-state index is 0.247. The SMILES string of the molecule is Cc1ccc(C#CCCCl)c(C(=O)O)c1. The second-order valence-corrected chi connectivity index (χ2v) is 3.47. The van der Waals surface area contributed by atoms with Crippen LogP contribution in [0.5, 0.6) is 0 Å². The maximum absolute atomic E-state index is 10.9. The minimum Gasteiger partial charge on any atom is -0.478 e. The van der Waals surface area contributed by atoms with Crippen molar-refractivity contribution in [1.29, 1.82) is 0 Å². The fourth-order valence-electron chi connectivity index (χ4n) is 1.15. The molecule has 0 aliphatic rings. The highest BCUT2D eigenvalue weighted by Crippen LogP contribution is 2.10. The van der Waals surface area contributed by atoms with Gasteiger partial charge in [-0.15, -0.1) is 11.6 Å². The lowest BCUT2D eigenvalue weighted by atomic mass is 10.0. The third kappa shape index (κ3) is 3.30. The quantitative estimate of drug-likeness (QED) is 0.617. The molecule has 0 aliphatic heterocycles. The third-order valence-corrected chi connectivity index (χ3v) is 2.04. The summed E-state index contributed by atoms with van der Waals surface area (Å²) < 4.78 is 0. The van der Waals surface area contributed by atoms with Crippen LogP contribution in [0.1, 0.15) is 27.9 Å². The van der Waals surface area contributed by atoms with Crippen LogP contribution in [0.2, 0.25) is 0 Å².